The van der Waals surface area contributed by atoms with E-state index >= 15 is 0 Å². The highest BCUT2D eigenvalue weighted by atomic mass is 32.1. The first-order chi connectivity index (χ1) is 16.4. The van der Waals surface area contributed by atoms with E-state index in [0.717, 1.165) is 23.5 Å². The van der Waals surface area contributed by atoms with Gasteiger partial charge >= 0.3 is 11.9 Å². The molecule has 0 radical (unpaired) electrons. The molecule has 0 aliphatic rings. The summed E-state index contributed by atoms with van der Waals surface area (Å²) in [6.45, 7) is 1.23. The summed E-state index contributed by atoms with van der Waals surface area (Å²) in [6, 6.07) is 20.7. The second kappa shape index (κ2) is 14.1. The van der Waals surface area contributed by atoms with E-state index in [0.29, 0.717) is 30.2 Å². The summed E-state index contributed by atoms with van der Waals surface area (Å²) in [7, 11) is 0. The smallest absolute Gasteiger partial charge is 0.414 e. The van der Waals surface area contributed by atoms with Gasteiger partial charge in [-0.3, -0.25) is 4.79 Å². The van der Waals surface area contributed by atoms with Crippen molar-refractivity contribution in [2.24, 2.45) is 10.7 Å². The molecule has 0 unspecified atom stereocenters. The Morgan fingerprint density at radius 1 is 0.941 bits per heavy atom. The van der Waals surface area contributed by atoms with Crippen molar-refractivity contribution in [1.82, 2.24) is 5.32 Å². The van der Waals surface area contributed by atoms with Gasteiger partial charge in [0.15, 0.2) is 0 Å². The number of nitrogens with zero attached hydrogens (tertiary/aromatic N) is 1. The molecule has 0 spiro atoms. The van der Waals surface area contributed by atoms with Crippen LogP contribution in [0.25, 0.3) is 0 Å². The summed E-state index contributed by atoms with van der Waals surface area (Å²) in [4.78, 5) is 35.9. The number of carbonyl (C=O) groups excluding carboxylic acids is 1. The van der Waals surface area contributed by atoms with Crippen LogP contribution >= 0.6 is 11.3 Å². The lowest BCUT2D eigenvalue weighted by Crippen LogP contribution is -2.24. The Labute approximate surface area is 200 Å². The number of hydrogen-bond acceptors (Lipinski definition) is 6. The molecule has 0 saturated heterocycles. The average Bonchev–Trinajstić information content (AvgIpc) is 3.38. The molecule has 0 atom stereocenters. The number of carboxylic acid groups (broad SMARTS) is 2. The molecule has 10 heteroatoms. The molecule has 1 amide bonds. The van der Waals surface area contributed by atoms with Gasteiger partial charge in [0.2, 0.25) is 0 Å². The number of amides is 1. The number of hydrogen-bond donors (Lipinski definition) is 4. The maximum absolute atomic E-state index is 12.3. The first kappa shape index (κ1) is 26.1. The number of para-hydroxylation sites is 1. The zero-order valence-corrected chi connectivity index (χ0v) is 19.0. The number of carboxylic acids is 2. The molecule has 178 valence electrons. The first-order valence-electron chi connectivity index (χ1n) is 10.3. The highest BCUT2D eigenvalue weighted by Crippen LogP contribution is 2.17. The van der Waals surface area contributed by atoms with E-state index in [2.05, 4.69) is 10.3 Å². The van der Waals surface area contributed by atoms with Gasteiger partial charge in [0.1, 0.15) is 11.6 Å². The van der Waals surface area contributed by atoms with E-state index in [4.69, 9.17) is 30.3 Å². The quantitative estimate of drug-likeness (QED) is 0.157. The molecule has 0 bridgehead atoms. The van der Waals surface area contributed by atoms with Crippen LogP contribution in [0.15, 0.2) is 77.1 Å². The van der Waals surface area contributed by atoms with E-state index in [9.17, 15) is 4.79 Å². The highest BCUT2D eigenvalue weighted by molar-refractivity contribution is 7.12. The summed E-state index contributed by atoms with van der Waals surface area (Å²) in [5.41, 5.74) is 7.25. The van der Waals surface area contributed by atoms with Crippen LogP contribution < -0.4 is 15.8 Å². The lowest BCUT2D eigenvalue weighted by atomic mass is 10.2. The minimum atomic E-state index is -1.82. The Morgan fingerprint density at radius 2 is 1.68 bits per heavy atom. The van der Waals surface area contributed by atoms with Gasteiger partial charge in [-0.25, -0.2) is 14.6 Å². The Morgan fingerprint density at radius 3 is 2.32 bits per heavy atom. The maximum Gasteiger partial charge on any atom is 0.414 e. The van der Waals surface area contributed by atoms with E-state index in [1.165, 1.54) is 11.3 Å². The largest absolute Gasteiger partial charge is 0.494 e. The zero-order valence-electron chi connectivity index (χ0n) is 18.2. The second-order valence-corrected chi connectivity index (χ2v) is 7.71. The minimum absolute atomic E-state index is 0.115. The molecule has 3 aromatic rings. The third-order valence-electron chi connectivity index (χ3n) is 4.18. The van der Waals surface area contributed by atoms with E-state index < -0.39 is 11.9 Å². The Balaban J connectivity index is 0.000000604. The number of carbonyl (C=O) groups is 3. The number of benzene rings is 2. The van der Waals surface area contributed by atoms with Crippen LogP contribution in [0.3, 0.4) is 0 Å². The standard InChI is InChI=1S/C22H23N3O2S.C2H2O4/c23-21(20-12-7-15-28-20)25-18-9-6-8-17(16-18)22(26)24-13-4-5-14-27-19-10-2-1-3-11-19;3-1(4)2(5)6/h1-3,6-12,15-16H,4-5,13-14H2,(H2,23,25)(H,24,26);(H,3,4)(H,5,6). The van der Waals surface area contributed by atoms with Gasteiger partial charge in [0.25, 0.3) is 5.91 Å². The number of unbranched alkanes of at least 4 members (excludes halogenated alkanes) is 1. The number of nitrogens with two attached hydrogens (primary N) is 1. The van der Waals surface area contributed by atoms with Crippen molar-refractivity contribution in [3.63, 3.8) is 0 Å². The molecule has 0 fully saturated rings. The van der Waals surface area contributed by atoms with Gasteiger partial charge in [-0.1, -0.05) is 30.3 Å². The summed E-state index contributed by atoms with van der Waals surface area (Å²) < 4.78 is 5.64. The molecule has 9 nitrogen and oxygen atoms in total. The van der Waals surface area contributed by atoms with Crippen molar-refractivity contribution in [3.8, 4) is 5.75 Å². The Hall–Kier alpha value is -4.18. The number of amidine groups is 1. The average molecular weight is 484 g/mol. The minimum Gasteiger partial charge on any atom is -0.494 e. The van der Waals surface area contributed by atoms with Crippen LogP contribution in [-0.4, -0.2) is 47.0 Å². The van der Waals surface area contributed by atoms with Crippen molar-refractivity contribution in [2.45, 2.75) is 12.8 Å². The molecule has 3 rings (SSSR count). The normalized spacial score (nSPS) is 10.5. The number of aliphatic carboxylic acids is 2. The molecule has 0 aliphatic heterocycles. The summed E-state index contributed by atoms with van der Waals surface area (Å²) >= 11 is 1.53. The van der Waals surface area contributed by atoms with Gasteiger partial charge < -0.3 is 26.0 Å². The SMILES string of the molecule is NC(=Nc1cccc(C(=O)NCCCCOc2ccccc2)c1)c1cccs1.O=C(O)C(=O)O. The van der Waals surface area contributed by atoms with Crippen molar-refractivity contribution in [2.75, 3.05) is 13.2 Å². The zero-order chi connectivity index (χ0) is 24.8. The molecule has 1 aromatic heterocycles. The van der Waals surface area contributed by atoms with E-state index in [1.807, 2.05) is 60.0 Å². The fourth-order valence-electron chi connectivity index (χ4n) is 2.57. The van der Waals surface area contributed by atoms with Gasteiger partial charge in [0, 0.05) is 12.1 Å². The maximum atomic E-state index is 12.3. The number of thiophene rings is 1. The van der Waals surface area contributed by atoms with E-state index in [-0.39, 0.29) is 5.91 Å². The molecule has 5 N–H and O–H groups in total. The number of rotatable bonds is 9. The third kappa shape index (κ3) is 9.53. The van der Waals surface area contributed by atoms with Crippen LogP contribution in [-0.2, 0) is 9.59 Å². The van der Waals surface area contributed by atoms with Crippen molar-refractivity contribution in [3.05, 3.63) is 82.6 Å². The molecular weight excluding hydrogens is 458 g/mol. The van der Waals surface area contributed by atoms with Gasteiger partial charge in [-0.15, -0.1) is 11.3 Å². The van der Waals surface area contributed by atoms with Crippen molar-refractivity contribution >= 4 is 40.7 Å². The third-order valence-corrected chi connectivity index (χ3v) is 5.08. The fraction of sp³-hybridized carbons (Fsp3) is 0.167. The van der Waals surface area contributed by atoms with Gasteiger partial charge in [-0.2, -0.15) is 0 Å². The van der Waals surface area contributed by atoms with Crippen LogP contribution in [0, 0.1) is 0 Å². The predicted molar refractivity (Wildman–Crippen MR) is 130 cm³/mol. The lowest BCUT2D eigenvalue weighted by Gasteiger charge is -2.07. The predicted octanol–water partition coefficient (Wildman–Crippen LogP) is 3.53. The first-order valence-corrected chi connectivity index (χ1v) is 11.1. The molecule has 2 aromatic carbocycles. The van der Waals surface area contributed by atoms with Crippen LogP contribution in [0.5, 0.6) is 5.75 Å². The summed E-state index contributed by atoms with van der Waals surface area (Å²) in [5.74, 6) is -2.45. The monoisotopic (exact) mass is 483 g/mol. The summed E-state index contributed by atoms with van der Waals surface area (Å²) in [6.07, 6.45) is 1.72. The van der Waals surface area contributed by atoms with Crippen molar-refractivity contribution in [1.29, 1.82) is 0 Å². The van der Waals surface area contributed by atoms with Crippen molar-refractivity contribution < 1.29 is 29.3 Å². The number of aliphatic imine (C=N–C) groups is 1. The fourth-order valence-corrected chi connectivity index (χ4v) is 3.20. The number of nitrogens with one attached hydrogen (secondary N) is 1. The summed E-state index contributed by atoms with van der Waals surface area (Å²) in [5, 5.41) is 19.7. The highest BCUT2D eigenvalue weighted by Gasteiger charge is 2.07. The van der Waals surface area contributed by atoms with Gasteiger partial charge in [0.05, 0.1) is 17.2 Å². The van der Waals surface area contributed by atoms with Gasteiger partial charge in [-0.05, 0) is 54.6 Å². The Kier molecular flexibility index (Phi) is 10.8. The topological polar surface area (TPSA) is 151 Å². The molecule has 1 heterocycles. The molecule has 0 aliphatic carbocycles. The van der Waals surface area contributed by atoms with E-state index in [1.54, 1.807) is 12.1 Å². The van der Waals surface area contributed by atoms with Crippen LogP contribution in [0.4, 0.5) is 5.69 Å². The van der Waals surface area contributed by atoms with Crippen LogP contribution in [0.1, 0.15) is 28.1 Å². The number of ether oxygens (including phenoxy) is 1. The molecular formula is C24H25N3O6S. The lowest BCUT2D eigenvalue weighted by molar-refractivity contribution is -0.159. The van der Waals surface area contributed by atoms with Crippen LogP contribution in [0.2, 0.25) is 0 Å². The Bertz CT molecular complexity index is 1090. The molecule has 0 saturated carbocycles. The molecule has 34 heavy (non-hydrogen) atoms. The second-order valence-electron chi connectivity index (χ2n) is 6.76.